The molecule has 2 aliphatic rings. The maximum Gasteiger partial charge on any atom is 0.0638 e. The van der Waals surface area contributed by atoms with Crippen LogP contribution in [0.1, 0.15) is 13.3 Å². The zero-order valence-electron chi connectivity index (χ0n) is 8.16. The van der Waals surface area contributed by atoms with Crippen LogP contribution >= 0.6 is 0 Å². The van der Waals surface area contributed by atoms with Gasteiger partial charge < -0.3 is 5.32 Å². The van der Waals surface area contributed by atoms with Crippen molar-refractivity contribution in [1.82, 2.24) is 10.2 Å². The molecule has 72 valence electrons. The lowest BCUT2D eigenvalue weighted by atomic mass is 10.0. The molecule has 1 N–H and O–H groups in total. The van der Waals surface area contributed by atoms with Gasteiger partial charge in [-0.2, -0.15) is 5.26 Å². The minimum atomic E-state index is 0.454. The lowest BCUT2D eigenvalue weighted by Crippen LogP contribution is -2.33. The van der Waals surface area contributed by atoms with Crippen LogP contribution in [0.5, 0.6) is 0 Å². The highest BCUT2D eigenvalue weighted by Crippen LogP contribution is 2.27. The molecule has 2 heterocycles. The third-order valence-electron chi connectivity index (χ3n) is 3.43. The standard InChI is InChI=1S/C10H17N3/c1-8(2-3-11)13-6-9-4-12-5-10(9)7-13/h8-10,12H,2,4-7H2,1H3. The molecule has 2 fully saturated rings. The van der Waals surface area contributed by atoms with Crippen molar-refractivity contribution in [3.8, 4) is 6.07 Å². The van der Waals surface area contributed by atoms with E-state index in [1.807, 2.05) is 0 Å². The Kier molecular flexibility index (Phi) is 2.52. The highest BCUT2D eigenvalue weighted by Gasteiger charge is 2.37. The van der Waals surface area contributed by atoms with Crippen molar-refractivity contribution in [1.29, 1.82) is 5.26 Å². The number of rotatable bonds is 2. The fourth-order valence-corrected chi connectivity index (χ4v) is 2.51. The van der Waals surface area contributed by atoms with Crippen LogP contribution in [0, 0.1) is 23.2 Å². The van der Waals surface area contributed by atoms with Gasteiger partial charge in [-0.3, -0.25) is 4.90 Å². The van der Waals surface area contributed by atoms with E-state index in [2.05, 4.69) is 23.2 Å². The summed E-state index contributed by atoms with van der Waals surface area (Å²) < 4.78 is 0. The van der Waals surface area contributed by atoms with Crippen LogP contribution in [0.3, 0.4) is 0 Å². The lowest BCUT2D eigenvalue weighted by molar-refractivity contribution is 0.243. The van der Waals surface area contributed by atoms with E-state index in [0.717, 1.165) is 11.8 Å². The van der Waals surface area contributed by atoms with Gasteiger partial charge in [0.2, 0.25) is 0 Å². The van der Waals surface area contributed by atoms with Crippen molar-refractivity contribution < 1.29 is 0 Å². The molecule has 2 saturated heterocycles. The Bertz CT molecular complexity index is 209. The van der Waals surface area contributed by atoms with E-state index in [1.54, 1.807) is 0 Å². The maximum atomic E-state index is 8.61. The Hall–Kier alpha value is -0.590. The molecule has 2 aliphatic heterocycles. The SMILES string of the molecule is CC(CC#N)N1CC2CNCC2C1. The van der Waals surface area contributed by atoms with Crippen molar-refractivity contribution in [3.05, 3.63) is 0 Å². The van der Waals surface area contributed by atoms with Crippen molar-refractivity contribution in [3.63, 3.8) is 0 Å². The zero-order valence-corrected chi connectivity index (χ0v) is 8.16. The summed E-state index contributed by atoms with van der Waals surface area (Å²) in [6.45, 7) is 6.92. The molecular formula is C10H17N3. The quantitative estimate of drug-likeness (QED) is 0.668. The van der Waals surface area contributed by atoms with Gasteiger partial charge in [-0.05, 0) is 31.8 Å². The predicted octanol–water partition coefficient (Wildman–Crippen LogP) is 0.440. The van der Waals surface area contributed by atoms with Gasteiger partial charge in [0.25, 0.3) is 0 Å². The van der Waals surface area contributed by atoms with Crippen LogP contribution in [0.25, 0.3) is 0 Å². The summed E-state index contributed by atoms with van der Waals surface area (Å²) in [6.07, 6.45) is 0.673. The first-order valence-corrected chi connectivity index (χ1v) is 5.13. The van der Waals surface area contributed by atoms with Gasteiger partial charge in [0.05, 0.1) is 12.5 Å². The summed E-state index contributed by atoms with van der Waals surface area (Å²) in [5.74, 6) is 1.70. The van der Waals surface area contributed by atoms with E-state index in [0.29, 0.717) is 12.5 Å². The molecule has 13 heavy (non-hydrogen) atoms. The van der Waals surface area contributed by atoms with Gasteiger partial charge in [0.1, 0.15) is 0 Å². The Morgan fingerprint density at radius 1 is 1.46 bits per heavy atom. The van der Waals surface area contributed by atoms with Crippen LogP contribution in [0.2, 0.25) is 0 Å². The molecular weight excluding hydrogens is 162 g/mol. The molecule has 3 heteroatoms. The smallest absolute Gasteiger partial charge is 0.0638 e. The summed E-state index contributed by atoms with van der Waals surface area (Å²) in [7, 11) is 0. The van der Waals surface area contributed by atoms with Crippen molar-refractivity contribution >= 4 is 0 Å². The molecule has 3 atom stereocenters. The van der Waals surface area contributed by atoms with E-state index in [-0.39, 0.29) is 0 Å². The Morgan fingerprint density at radius 3 is 2.62 bits per heavy atom. The molecule has 0 aliphatic carbocycles. The summed E-state index contributed by atoms with van der Waals surface area (Å²) in [4.78, 5) is 2.47. The first kappa shape index (κ1) is 8.98. The first-order valence-electron chi connectivity index (χ1n) is 5.13. The second kappa shape index (κ2) is 3.65. The topological polar surface area (TPSA) is 39.1 Å². The van der Waals surface area contributed by atoms with Crippen molar-refractivity contribution in [2.24, 2.45) is 11.8 Å². The average Bonchev–Trinajstić information content (AvgIpc) is 2.61. The molecule has 0 amide bonds. The molecule has 3 unspecified atom stereocenters. The van der Waals surface area contributed by atoms with Gasteiger partial charge in [-0.15, -0.1) is 0 Å². The predicted molar refractivity (Wildman–Crippen MR) is 51.1 cm³/mol. The number of likely N-dealkylation sites (tertiary alicyclic amines) is 1. The minimum absolute atomic E-state index is 0.454. The Balaban J connectivity index is 1.88. The summed E-state index contributed by atoms with van der Waals surface area (Å²) in [5.41, 5.74) is 0. The third-order valence-corrected chi connectivity index (χ3v) is 3.43. The van der Waals surface area contributed by atoms with Crippen molar-refractivity contribution in [2.45, 2.75) is 19.4 Å². The zero-order chi connectivity index (χ0) is 9.26. The van der Waals surface area contributed by atoms with Crippen LogP contribution in [0.15, 0.2) is 0 Å². The number of fused-ring (bicyclic) bond motifs is 1. The number of nitriles is 1. The minimum Gasteiger partial charge on any atom is -0.316 e. The van der Waals surface area contributed by atoms with Crippen LogP contribution in [-0.4, -0.2) is 37.1 Å². The van der Waals surface area contributed by atoms with Gasteiger partial charge in [-0.1, -0.05) is 0 Å². The fourth-order valence-electron chi connectivity index (χ4n) is 2.51. The second-order valence-electron chi connectivity index (χ2n) is 4.34. The molecule has 0 radical (unpaired) electrons. The third kappa shape index (κ3) is 1.70. The van der Waals surface area contributed by atoms with Crippen LogP contribution in [-0.2, 0) is 0 Å². The summed E-state index contributed by atoms with van der Waals surface area (Å²) >= 11 is 0. The maximum absolute atomic E-state index is 8.61. The molecule has 0 bridgehead atoms. The lowest BCUT2D eigenvalue weighted by Gasteiger charge is -2.22. The molecule has 0 aromatic carbocycles. The monoisotopic (exact) mass is 179 g/mol. The van der Waals surface area contributed by atoms with Gasteiger partial charge in [-0.25, -0.2) is 0 Å². The summed E-state index contributed by atoms with van der Waals surface area (Å²) in [6, 6.07) is 2.71. The number of nitrogens with one attached hydrogen (secondary N) is 1. The molecule has 0 aromatic rings. The number of hydrogen-bond acceptors (Lipinski definition) is 3. The molecule has 0 saturated carbocycles. The van der Waals surface area contributed by atoms with Crippen molar-refractivity contribution in [2.75, 3.05) is 26.2 Å². The molecule has 2 rings (SSSR count). The van der Waals surface area contributed by atoms with Crippen LogP contribution in [0.4, 0.5) is 0 Å². The summed E-state index contributed by atoms with van der Waals surface area (Å²) in [5, 5.41) is 12.0. The van der Waals surface area contributed by atoms with E-state index < -0.39 is 0 Å². The van der Waals surface area contributed by atoms with Gasteiger partial charge in [0.15, 0.2) is 0 Å². The Morgan fingerprint density at radius 2 is 2.08 bits per heavy atom. The largest absolute Gasteiger partial charge is 0.316 e. The first-order chi connectivity index (χ1) is 6.31. The van der Waals surface area contributed by atoms with E-state index >= 15 is 0 Å². The highest BCUT2D eigenvalue weighted by molar-refractivity contribution is 4.94. The molecule has 3 nitrogen and oxygen atoms in total. The van der Waals surface area contributed by atoms with Gasteiger partial charge >= 0.3 is 0 Å². The average molecular weight is 179 g/mol. The van der Waals surface area contributed by atoms with Gasteiger partial charge in [0, 0.05) is 19.1 Å². The molecule has 0 aromatic heterocycles. The van der Waals surface area contributed by atoms with E-state index in [4.69, 9.17) is 5.26 Å². The number of nitrogens with zero attached hydrogens (tertiary/aromatic N) is 2. The Labute approximate surface area is 79.7 Å². The van der Waals surface area contributed by atoms with E-state index in [1.165, 1.54) is 26.2 Å². The normalized spacial score (nSPS) is 35.7. The van der Waals surface area contributed by atoms with Crippen LogP contribution < -0.4 is 5.32 Å². The highest BCUT2D eigenvalue weighted by atomic mass is 15.2. The number of hydrogen-bond donors (Lipinski definition) is 1. The molecule has 0 spiro atoms. The second-order valence-corrected chi connectivity index (χ2v) is 4.34. The fraction of sp³-hybridized carbons (Fsp3) is 0.900. The van der Waals surface area contributed by atoms with E-state index in [9.17, 15) is 0 Å².